The third kappa shape index (κ3) is 5.16. The third-order valence-corrected chi connectivity index (χ3v) is 6.75. The molecule has 0 spiro atoms. The van der Waals surface area contributed by atoms with Crippen molar-refractivity contribution in [3.8, 4) is 17.2 Å². The normalized spacial score (nSPS) is 20.8. The molecule has 6 rings (SSSR count). The summed E-state index contributed by atoms with van der Waals surface area (Å²) in [5.74, 6) is 2.07. The van der Waals surface area contributed by atoms with Crippen LogP contribution in [0.1, 0.15) is 40.5 Å². The van der Waals surface area contributed by atoms with Gasteiger partial charge in [-0.25, -0.2) is 0 Å². The highest BCUT2D eigenvalue weighted by molar-refractivity contribution is 5.97. The number of amides is 1. The van der Waals surface area contributed by atoms with Gasteiger partial charge in [0.1, 0.15) is 18.1 Å². The predicted octanol–water partition coefficient (Wildman–Crippen LogP) is 3.30. The van der Waals surface area contributed by atoms with Crippen LogP contribution < -0.4 is 14.2 Å². The fourth-order valence-electron chi connectivity index (χ4n) is 4.88. The highest BCUT2D eigenvalue weighted by Crippen LogP contribution is 2.33. The molecule has 3 aliphatic heterocycles. The van der Waals surface area contributed by atoms with E-state index in [2.05, 4.69) is 28.2 Å². The molecule has 1 saturated heterocycles. The summed E-state index contributed by atoms with van der Waals surface area (Å²) in [6, 6.07) is 11.8. The van der Waals surface area contributed by atoms with Crippen LogP contribution in [0.25, 0.3) is 0 Å². The Morgan fingerprint density at radius 3 is 2.83 bits per heavy atom. The summed E-state index contributed by atoms with van der Waals surface area (Å²) in [5.41, 5.74) is 3.47. The maximum Gasteiger partial charge on any atom is 0.257 e. The summed E-state index contributed by atoms with van der Waals surface area (Å²) in [6.45, 7) is 8.42. The van der Waals surface area contributed by atoms with E-state index < -0.39 is 0 Å². The van der Waals surface area contributed by atoms with Crippen LogP contribution >= 0.6 is 0 Å². The molecule has 0 radical (unpaired) electrons. The van der Waals surface area contributed by atoms with Crippen molar-refractivity contribution in [3.63, 3.8) is 0 Å². The van der Waals surface area contributed by atoms with Gasteiger partial charge >= 0.3 is 0 Å². The minimum absolute atomic E-state index is 0.0152. The Labute approximate surface area is 211 Å². The monoisotopic (exact) mass is 491 g/mol. The molecule has 3 aliphatic rings. The number of para-hydroxylation sites is 1. The highest BCUT2D eigenvalue weighted by Gasteiger charge is 2.30. The van der Waals surface area contributed by atoms with Crippen molar-refractivity contribution in [2.75, 3.05) is 33.4 Å². The second-order valence-corrected chi connectivity index (χ2v) is 9.49. The van der Waals surface area contributed by atoms with Crippen LogP contribution in [0.3, 0.4) is 0 Å². The van der Waals surface area contributed by atoms with Crippen molar-refractivity contribution in [2.24, 2.45) is 0 Å². The molecular weight excluding hydrogens is 458 g/mol. The summed E-state index contributed by atoms with van der Waals surface area (Å²) in [6.07, 6.45) is 2.63. The summed E-state index contributed by atoms with van der Waals surface area (Å²) in [4.78, 5) is 17.9. The van der Waals surface area contributed by atoms with E-state index in [1.165, 1.54) is 0 Å². The van der Waals surface area contributed by atoms with Crippen LogP contribution in [0, 0.1) is 6.92 Å². The Morgan fingerprint density at radius 1 is 1.11 bits per heavy atom. The number of carbonyl (C=O) groups is 1. The zero-order valence-electron chi connectivity index (χ0n) is 21.1. The largest absolute Gasteiger partial charge is 0.493 e. The maximum absolute atomic E-state index is 13.6. The summed E-state index contributed by atoms with van der Waals surface area (Å²) in [7, 11) is 1.65. The van der Waals surface area contributed by atoms with Gasteiger partial charge in [-0.2, -0.15) is 0 Å². The molecule has 36 heavy (non-hydrogen) atoms. The number of nitrogens with zero attached hydrogens (tertiary/aromatic N) is 5. The number of hydrogen-bond acceptors (Lipinski definition) is 7. The third-order valence-electron chi connectivity index (χ3n) is 6.75. The molecule has 190 valence electrons. The van der Waals surface area contributed by atoms with E-state index in [4.69, 9.17) is 14.2 Å². The van der Waals surface area contributed by atoms with Crippen molar-refractivity contribution in [2.45, 2.75) is 46.0 Å². The lowest BCUT2D eigenvalue weighted by Crippen LogP contribution is -2.53. The van der Waals surface area contributed by atoms with Crippen molar-refractivity contribution < 1.29 is 19.0 Å². The van der Waals surface area contributed by atoms with Crippen LogP contribution in [0.4, 0.5) is 0 Å². The van der Waals surface area contributed by atoms with Crippen molar-refractivity contribution in [3.05, 3.63) is 65.0 Å². The minimum atomic E-state index is 0.0152. The van der Waals surface area contributed by atoms with Crippen LogP contribution in [-0.4, -0.2) is 70.1 Å². The van der Waals surface area contributed by atoms with Gasteiger partial charge < -0.3 is 19.1 Å². The molecule has 1 aromatic heterocycles. The first kappa shape index (κ1) is 24.1. The van der Waals surface area contributed by atoms with Gasteiger partial charge in [-0.15, -0.1) is 5.10 Å². The molecule has 0 saturated carbocycles. The first-order valence-electron chi connectivity index (χ1n) is 12.5. The van der Waals surface area contributed by atoms with Crippen molar-refractivity contribution in [1.29, 1.82) is 0 Å². The van der Waals surface area contributed by atoms with Crippen LogP contribution in [0.2, 0.25) is 0 Å². The second-order valence-electron chi connectivity index (χ2n) is 9.49. The van der Waals surface area contributed by atoms with Gasteiger partial charge in [-0.3, -0.25) is 14.4 Å². The van der Waals surface area contributed by atoms with E-state index in [1.807, 2.05) is 48.4 Å². The number of benzene rings is 2. The molecule has 9 nitrogen and oxygen atoms in total. The first-order valence-corrected chi connectivity index (χ1v) is 12.5. The number of aryl methyl sites for hydroxylation is 2. The lowest BCUT2D eigenvalue weighted by Gasteiger charge is -2.40. The minimum Gasteiger partial charge on any atom is -0.493 e. The summed E-state index contributed by atoms with van der Waals surface area (Å²) in [5, 5.41) is 8.49. The summed E-state index contributed by atoms with van der Waals surface area (Å²) >= 11 is 0. The molecule has 2 unspecified atom stereocenters. The van der Waals surface area contributed by atoms with Gasteiger partial charge in [-0.05, 0) is 37.6 Å². The van der Waals surface area contributed by atoms with Crippen molar-refractivity contribution in [1.82, 2.24) is 24.8 Å². The lowest BCUT2D eigenvalue weighted by molar-refractivity contribution is 0.0469. The van der Waals surface area contributed by atoms with E-state index >= 15 is 0 Å². The van der Waals surface area contributed by atoms with Crippen LogP contribution in [0.15, 0.2) is 42.6 Å². The van der Waals surface area contributed by atoms with E-state index in [0.29, 0.717) is 49.9 Å². The number of rotatable bonds is 1. The Hall–Kier alpha value is -3.59. The van der Waals surface area contributed by atoms with E-state index in [-0.39, 0.29) is 11.9 Å². The number of fused-ring (bicyclic) bond motifs is 6. The number of carbonyl (C=O) groups excluding carboxylic acids is 1. The predicted molar refractivity (Wildman–Crippen MR) is 134 cm³/mol. The topological polar surface area (TPSA) is 81.9 Å². The van der Waals surface area contributed by atoms with Crippen LogP contribution in [-0.2, 0) is 19.7 Å². The fourth-order valence-corrected chi connectivity index (χ4v) is 4.88. The van der Waals surface area contributed by atoms with Gasteiger partial charge in [0.25, 0.3) is 5.91 Å². The molecule has 0 N–H and O–H groups in total. The average molecular weight is 492 g/mol. The Morgan fingerprint density at radius 2 is 2.00 bits per heavy atom. The first-order chi connectivity index (χ1) is 17.5. The SMILES string of the molecule is COc1cccc2c1OCc1cn(nn1)CCCOc1cc(C)ccc1C(=O)N1CCN(C2)CC1C. The molecule has 1 fully saturated rings. The number of methoxy groups -OCH3 is 1. The van der Waals surface area contributed by atoms with E-state index in [9.17, 15) is 4.79 Å². The average Bonchev–Trinajstić information content (AvgIpc) is 3.32. The van der Waals surface area contributed by atoms with Gasteiger partial charge in [0, 0.05) is 50.7 Å². The molecule has 4 bridgehead atoms. The quantitative estimate of drug-likeness (QED) is 0.517. The van der Waals surface area contributed by atoms with Gasteiger partial charge in [0.15, 0.2) is 11.5 Å². The number of hydrogen-bond donors (Lipinski definition) is 0. The molecule has 2 atom stereocenters. The fraction of sp³-hybridized carbons (Fsp3) is 0.444. The molecule has 4 heterocycles. The Balaban J connectivity index is 1.45. The second kappa shape index (κ2) is 10.6. The van der Waals surface area contributed by atoms with Gasteiger partial charge in [-0.1, -0.05) is 23.4 Å². The molecule has 9 heteroatoms. The number of piperazine rings is 1. The maximum atomic E-state index is 13.6. The van der Waals surface area contributed by atoms with E-state index in [0.717, 1.165) is 42.1 Å². The Kier molecular flexibility index (Phi) is 7.09. The molecule has 2 aromatic carbocycles. The molecule has 0 aliphatic carbocycles. The van der Waals surface area contributed by atoms with Gasteiger partial charge in [0.05, 0.1) is 25.5 Å². The van der Waals surface area contributed by atoms with Crippen LogP contribution in [0.5, 0.6) is 17.2 Å². The standard InChI is InChI=1S/C27H33N5O4/c1-19-8-9-23-25(14-19)35-13-5-10-31-17-22(28-29-31)18-36-26-21(6-4-7-24(26)34-3)16-30-11-12-32(27(23)33)20(2)15-30/h4,6-9,14,17,20H,5,10-13,15-16,18H2,1-3H3. The number of ether oxygens (including phenoxy) is 3. The lowest BCUT2D eigenvalue weighted by atomic mass is 10.1. The smallest absolute Gasteiger partial charge is 0.257 e. The molecular formula is C27H33N5O4. The molecule has 3 aromatic rings. The van der Waals surface area contributed by atoms with Crippen molar-refractivity contribution >= 4 is 5.91 Å². The number of aromatic nitrogens is 3. The highest BCUT2D eigenvalue weighted by atomic mass is 16.5. The zero-order chi connectivity index (χ0) is 25.1. The van der Waals surface area contributed by atoms with E-state index in [1.54, 1.807) is 11.8 Å². The van der Waals surface area contributed by atoms with Gasteiger partial charge in [0.2, 0.25) is 0 Å². The molecule has 1 amide bonds. The zero-order valence-corrected chi connectivity index (χ0v) is 21.1. The Bertz CT molecular complexity index is 1230. The summed E-state index contributed by atoms with van der Waals surface area (Å²) < 4.78 is 19.7.